The first-order valence-corrected chi connectivity index (χ1v) is 14.6. The molecule has 3 unspecified atom stereocenters. The van der Waals surface area contributed by atoms with Crippen molar-refractivity contribution in [3.8, 4) is 0 Å². The highest BCUT2D eigenvalue weighted by atomic mass is 16.2. The molecule has 0 radical (unpaired) electrons. The second-order valence-electron chi connectivity index (χ2n) is 12.9. The number of nitrogens with one attached hydrogen (secondary N) is 3. The zero-order chi connectivity index (χ0) is 32.1. The van der Waals surface area contributed by atoms with E-state index in [4.69, 9.17) is 0 Å². The van der Waals surface area contributed by atoms with Gasteiger partial charge in [0.1, 0.15) is 12.1 Å². The van der Waals surface area contributed by atoms with Crippen molar-refractivity contribution in [2.24, 2.45) is 11.3 Å². The molecule has 43 heavy (non-hydrogen) atoms. The van der Waals surface area contributed by atoms with Crippen LogP contribution in [-0.4, -0.2) is 71.4 Å². The highest BCUT2D eigenvalue weighted by Crippen LogP contribution is 2.32. The number of nitrogens with zero attached hydrogens (tertiary/aromatic N) is 2. The molecular weight excluding hydrogens is 546 g/mol. The molecule has 1 aliphatic heterocycles. The number of rotatable bonds is 12. The van der Waals surface area contributed by atoms with Crippen molar-refractivity contribution >= 4 is 29.4 Å². The molecule has 2 aromatic carbocycles. The summed E-state index contributed by atoms with van der Waals surface area (Å²) >= 11 is 0. The maximum atomic E-state index is 13.5. The molecular formula is C33H45N5O5. The Kier molecular flexibility index (Phi) is 10.9. The summed E-state index contributed by atoms with van der Waals surface area (Å²) in [4.78, 5) is 69.2. The third-order valence-corrected chi connectivity index (χ3v) is 7.43. The Labute approximate surface area is 254 Å². The first-order chi connectivity index (χ1) is 20.1. The van der Waals surface area contributed by atoms with Crippen LogP contribution in [0.4, 0.5) is 0 Å². The summed E-state index contributed by atoms with van der Waals surface area (Å²) in [7, 11) is 3.97. The molecule has 0 saturated heterocycles. The molecule has 2 aromatic rings. The number of fused-ring (bicyclic) bond motifs is 1. The number of amides is 4. The first kappa shape index (κ1) is 33.5. The molecule has 10 nitrogen and oxygen atoms in total. The summed E-state index contributed by atoms with van der Waals surface area (Å²) in [5, 5.41) is 8.02. The van der Waals surface area contributed by atoms with Gasteiger partial charge in [0.2, 0.25) is 17.6 Å². The quantitative estimate of drug-likeness (QED) is 0.326. The summed E-state index contributed by atoms with van der Waals surface area (Å²) in [6.45, 7) is 11.8. The smallest absolute Gasteiger partial charge is 0.289 e. The fraction of sp³-hybridized carbons (Fsp3) is 0.485. The van der Waals surface area contributed by atoms with Gasteiger partial charge in [-0.05, 0) is 55.1 Å². The lowest BCUT2D eigenvalue weighted by Crippen LogP contribution is -2.59. The minimum Gasteiger partial charge on any atom is -0.345 e. The third kappa shape index (κ3) is 8.50. The molecule has 232 valence electrons. The third-order valence-electron chi connectivity index (χ3n) is 7.43. The van der Waals surface area contributed by atoms with E-state index in [2.05, 4.69) is 20.9 Å². The molecule has 0 aromatic heterocycles. The van der Waals surface area contributed by atoms with E-state index in [0.717, 1.165) is 23.2 Å². The summed E-state index contributed by atoms with van der Waals surface area (Å²) in [6.07, 6.45) is 0. The van der Waals surface area contributed by atoms with Gasteiger partial charge in [0.05, 0.1) is 6.04 Å². The van der Waals surface area contributed by atoms with Crippen LogP contribution in [0, 0.1) is 11.3 Å². The van der Waals surface area contributed by atoms with Gasteiger partial charge in [0, 0.05) is 25.2 Å². The van der Waals surface area contributed by atoms with Crippen molar-refractivity contribution < 1.29 is 24.0 Å². The highest BCUT2D eigenvalue weighted by molar-refractivity contribution is 6.38. The minimum atomic E-state index is -1.08. The van der Waals surface area contributed by atoms with Gasteiger partial charge in [0.25, 0.3) is 11.8 Å². The van der Waals surface area contributed by atoms with Gasteiger partial charge in [-0.3, -0.25) is 24.0 Å². The van der Waals surface area contributed by atoms with E-state index in [1.54, 1.807) is 26.0 Å². The Hall–Kier alpha value is -4.05. The number of Topliss-reactive ketones (excluding diaryl/α,β-unsaturated/α-hetero) is 1. The zero-order valence-corrected chi connectivity index (χ0v) is 26.5. The van der Waals surface area contributed by atoms with E-state index in [-0.39, 0.29) is 18.4 Å². The summed E-state index contributed by atoms with van der Waals surface area (Å²) in [6, 6.07) is 12.0. The lowest BCUT2D eigenvalue weighted by atomic mass is 9.84. The van der Waals surface area contributed by atoms with E-state index in [1.165, 1.54) is 11.8 Å². The van der Waals surface area contributed by atoms with Crippen LogP contribution >= 0.6 is 0 Å². The lowest BCUT2D eigenvalue weighted by Gasteiger charge is -2.37. The van der Waals surface area contributed by atoms with Gasteiger partial charge in [-0.15, -0.1) is 0 Å². The molecule has 3 N–H and O–H groups in total. The molecule has 0 fully saturated rings. The van der Waals surface area contributed by atoms with Crippen LogP contribution in [0.1, 0.15) is 68.6 Å². The standard InChI is InChI=1S/C33H45N5O5/c1-20(2)26(27(39)30(41)34-17-22-13-15-23(16-14-22)18-37(7)8)36-29(40)21(3)35-31(42)28(33(4,5)6)38-19-24-11-9-10-12-25(24)32(38)43/h9-16,20-21,26,28H,17-19H2,1-8H3,(H,34,41)(H,35,42)(H,36,40). The van der Waals surface area contributed by atoms with E-state index in [1.807, 2.05) is 71.3 Å². The van der Waals surface area contributed by atoms with Crippen molar-refractivity contribution in [2.75, 3.05) is 14.1 Å². The second kappa shape index (κ2) is 13.9. The fourth-order valence-corrected chi connectivity index (χ4v) is 5.20. The van der Waals surface area contributed by atoms with Gasteiger partial charge in [0.15, 0.2) is 0 Å². The largest absolute Gasteiger partial charge is 0.345 e. The van der Waals surface area contributed by atoms with Gasteiger partial charge in [-0.25, -0.2) is 0 Å². The molecule has 3 rings (SSSR count). The topological polar surface area (TPSA) is 128 Å². The number of hydrogen-bond acceptors (Lipinski definition) is 6. The van der Waals surface area contributed by atoms with Crippen LogP contribution in [0.2, 0.25) is 0 Å². The maximum absolute atomic E-state index is 13.5. The molecule has 1 aliphatic rings. The van der Waals surface area contributed by atoms with E-state index in [0.29, 0.717) is 12.1 Å². The Morgan fingerprint density at radius 2 is 1.49 bits per heavy atom. The van der Waals surface area contributed by atoms with Crippen molar-refractivity contribution in [1.82, 2.24) is 25.8 Å². The molecule has 0 saturated carbocycles. The van der Waals surface area contributed by atoms with Crippen LogP contribution in [0.5, 0.6) is 0 Å². The number of ketones is 1. The molecule has 0 spiro atoms. The monoisotopic (exact) mass is 591 g/mol. The average molecular weight is 592 g/mol. The van der Waals surface area contributed by atoms with Crippen molar-refractivity contribution in [3.63, 3.8) is 0 Å². The number of carbonyl (C=O) groups is 5. The van der Waals surface area contributed by atoms with Crippen LogP contribution in [0.3, 0.4) is 0 Å². The van der Waals surface area contributed by atoms with Gasteiger partial charge >= 0.3 is 0 Å². The van der Waals surface area contributed by atoms with Crippen LogP contribution < -0.4 is 16.0 Å². The second-order valence-corrected chi connectivity index (χ2v) is 12.9. The highest BCUT2D eigenvalue weighted by Gasteiger charge is 2.43. The fourth-order valence-electron chi connectivity index (χ4n) is 5.20. The molecule has 1 heterocycles. The minimum absolute atomic E-state index is 0.172. The van der Waals surface area contributed by atoms with Gasteiger partial charge < -0.3 is 25.8 Å². The SMILES string of the molecule is CC(NC(=O)C(N1Cc2ccccc2C1=O)C(C)(C)C)C(=O)NC(C(=O)C(=O)NCc1ccc(CN(C)C)cc1)C(C)C. The van der Waals surface area contributed by atoms with Gasteiger partial charge in [-0.2, -0.15) is 0 Å². The summed E-state index contributed by atoms with van der Waals surface area (Å²) in [5.74, 6) is -3.25. The predicted molar refractivity (Wildman–Crippen MR) is 165 cm³/mol. The average Bonchev–Trinajstić information content (AvgIpc) is 3.24. The normalized spacial score (nSPS) is 15.1. The summed E-state index contributed by atoms with van der Waals surface area (Å²) < 4.78 is 0. The molecule has 0 aliphatic carbocycles. The Morgan fingerprint density at radius 3 is 2.05 bits per heavy atom. The van der Waals surface area contributed by atoms with Crippen LogP contribution in [0.15, 0.2) is 48.5 Å². The Balaban J connectivity index is 1.61. The molecule has 3 atom stereocenters. The van der Waals surface area contributed by atoms with Crippen molar-refractivity contribution in [3.05, 3.63) is 70.8 Å². The van der Waals surface area contributed by atoms with Crippen LogP contribution in [0.25, 0.3) is 0 Å². The van der Waals surface area contributed by atoms with E-state index < -0.39 is 47.0 Å². The van der Waals surface area contributed by atoms with Crippen molar-refractivity contribution in [1.29, 1.82) is 0 Å². The van der Waals surface area contributed by atoms with Crippen molar-refractivity contribution in [2.45, 2.75) is 79.3 Å². The zero-order valence-electron chi connectivity index (χ0n) is 26.5. The van der Waals surface area contributed by atoms with E-state index >= 15 is 0 Å². The molecule has 10 heteroatoms. The van der Waals surface area contributed by atoms with Crippen LogP contribution in [-0.2, 0) is 38.8 Å². The molecule has 0 bridgehead atoms. The Bertz CT molecular complexity index is 1350. The first-order valence-electron chi connectivity index (χ1n) is 14.6. The number of carbonyl (C=O) groups excluding carboxylic acids is 5. The lowest BCUT2D eigenvalue weighted by molar-refractivity contribution is -0.141. The number of benzene rings is 2. The summed E-state index contributed by atoms with van der Waals surface area (Å²) in [5.41, 5.74) is 2.76. The van der Waals surface area contributed by atoms with Gasteiger partial charge in [-0.1, -0.05) is 77.1 Å². The Morgan fingerprint density at radius 1 is 0.884 bits per heavy atom. The maximum Gasteiger partial charge on any atom is 0.289 e. The number of hydrogen-bond donors (Lipinski definition) is 3. The molecule has 4 amide bonds. The van der Waals surface area contributed by atoms with E-state index in [9.17, 15) is 24.0 Å². The predicted octanol–water partition coefficient (Wildman–Crippen LogP) is 2.65.